The summed E-state index contributed by atoms with van der Waals surface area (Å²) in [5.41, 5.74) is 2.12. The van der Waals surface area contributed by atoms with Gasteiger partial charge in [0.25, 0.3) is 0 Å². The highest BCUT2D eigenvalue weighted by molar-refractivity contribution is 5.64. The van der Waals surface area contributed by atoms with E-state index in [1.165, 1.54) is 25.7 Å². The van der Waals surface area contributed by atoms with Crippen LogP contribution in [0.4, 0.5) is 11.8 Å². The minimum Gasteiger partial charge on any atom is -0.356 e. The normalized spacial score (nSPS) is 15.2. The maximum atomic E-state index is 4.81. The number of benzene rings is 1. The number of nitrogens with zero attached hydrogens (tertiary/aromatic N) is 4. The highest BCUT2D eigenvalue weighted by Crippen LogP contribution is 2.25. The van der Waals surface area contributed by atoms with E-state index in [2.05, 4.69) is 59.5 Å². The molecule has 2 heterocycles. The van der Waals surface area contributed by atoms with Gasteiger partial charge in [0.2, 0.25) is 5.95 Å². The maximum Gasteiger partial charge on any atom is 0.225 e. The van der Waals surface area contributed by atoms with Crippen molar-refractivity contribution in [3.8, 4) is 11.3 Å². The number of anilines is 2. The summed E-state index contributed by atoms with van der Waals surface area (Å²) in [5.74, 6) is 1.77. The average Bonchev–Trinajstić information content (AvgIpc) is 2.91. The Morgan fingerprint density at radius 3 is 2.40 bits per heavy atom. The average molecular weight is 339 g/mol. The summed E-state index contributed by atoms with van der Waals surface area (Å²) < 4.78 is 0. The van der Waals surface area contributed by atoms with Crippen LogP contribution in [0.1, 0.15) is 25.7 Å². The number of hydrogen-bond donors (Lipinski definition) is 1. The molecule has 0 aliphatic carbocycles. The lowest BCUT2D eigenvalue weighted by Crippen LogP contribution is -2.26. The lowest BCUT2D eigenvalue weighted by Gasteiger charge is -2.22. The van der Waals surface area contributed by atoms with Crippen molar-refractivity contribution in [2.75, 3.05) is 50.5 Å². The van der Waals surface area contributed by atoms with Crippen molar-refractivity contribution < 1.29 is 0 Å². The number of rotatable bonds is 6. The second-order valence-electron chi connectivity index (χ2n) is 6.93. The molecule has 5 nitrogen and oxygen atoms in total. The number of likely N-dealkylation sites (N-methyl/N-ethyl adjacent to an activating group) is 1. The molecule has 3 rings (SSSR count). The first-order valence-corrected chi connectivity index (χ1v) is 9.30. The summed E-state index contributed by atoms with van der Waals surface area (Å²) in [4.78, 5) is 14.1. The Morgan fingerprint density at radius 1 is 1.00 bits per heavy atom. The van der Waals surface area contributed by atoms with E-state index in [0.29, 0.717) is 0 Å². The van der Waals surface area contributed by atoms with E-state index >= 15 is 0 Å². The first kappa shape index (κ1) is 17.7. The van der Waals surface area contributed by atoms with E-state index in [-0.39, 0.29) is 0 Å². The molecular weight excluding hydrogens is 310 g/mol. The lowest BCUT2D eigenvalue weighted by atomic mass is 10.1. The van der Waals surface area contributed by atoms with Gasteiger partial charge in [-0.2, -0.15) is 4.98 Å². The van der Waals surface area contributed by atoms with Crippen LogP contribution in [0.5, 0.6) is 0 Å². The minimum absolute atomic E-state index is 0.724. The number of nitrogens with one attached hydrogen (secondary N) is 1. The summed E-state index contributed by atoms with van der Waals surface area (Å²) in [6.45, 7) is 3.97. The molecule has 1 aromatic heterocycles. The Bertz CT molecular complexity index is 648. The van der Waals surface area contributed by atoms with Gasteiger partial charge in [0.05, 0.1) is 5.69 Å². The third kappa shape index (κ3) is 5.16. The molecule has 1 saturated heterocycles. The standard InChI is InChI=1S/C20H29N5/c1-24(2)15-12-21-20-22-18(17-10-6-5-7-11-17)16-19(23-20)25-13-8-3-4-9-14-25/h5-7,10-11,16H,3-4,8-9,12-15H2,1-2H3,(H,21,22,23). The topological polar surface area (TPSA) is 44.3 Å². The van der Waals surface area contributed by atoms with E-state index in [4.69, 9.17) is 9.97 Å². The molecule has 0 saturated carbocycles. The van der Waals surface area contributed by atoms with Crippen LogP contribution in [0.15, 0.2) is 36.4 Å². The van der Waals surface area contributed by atoms with Crippen molar-refractivity contribution >= 4 is 11.8 Å². The molecule has 5 heteroatoms. The van der Waals surface area contributed by atoms with Crippen molar-refractivity contribution in [2.45, 2.75) is 25.7 Å². The van der Waals surface area contributed by atoms with E-state index in [1.54, 1.807) is 0 Å². The Balaban J connectivity index is 1.87. The molecular formula is C20H29N5. The van der Waals surface area contributed by atoms with Crippen molar-refractivity contribution in [3.05, 3.63) is 36.4 Å². The predicted molar refractivity (Wildman–Crippen MR) is 105 cm³/mol. The van der Waals surface area contributed by atoms with Crippen LogP contribution in [0.25, 0.3) is 11.3 Å². The second-order valence-corrected chi connectivity index (χ2v) is 6.93. The molecule has 25 heavy (non-hydrogen) atoms. The molecule has 1 aromatic carbocycles. The van der Waals surface area contributed by atoms with E-state index in [9.17, 15) is 0 Å². The lowest BCUT2D eigenvalue weighted by molar-refractivity contribution is 0.425. The van der Waals surface area contributed by atoms with Gasteiger partial charge in [-0.05, 0) is 26.9 Å². The first-order chi connectivity index (χ1) is 12.2. The molecule has 0 unspecified atom stereocenters. The molecule has 1 aliphatic heterocycles. The fraction of sp³-hybridized carbons (Fsp3) is 0.500. The summed E-state index contributed by atoms with van der Waals surface area (Å²) in [6.07, 6.45) is 5.13. The van der Waals surface area contributed by atoms with Crippen molar-refractivity contribution in [1.29, 1.82) is 0 Å². The SMILES string of the molecule is CN(C)CCNc1nc(-c2ccccc2)cc(N2CCCCCC2)n1. The smallest absolute Gasteiger partial charge is 0.225 e. The zero-order valence-corrected chi connectivity index (χ0v) is 15.4. The summed E-state index contributed by atoms with van der Waals surface area (Å²) in [5, 5.41) is 3.39. The van der Waals surface area contributed by atoms with E-state index < -0.39 is 0 Å². The van der Waals surface area contributed by atoms with Crippen molar-refractivity contribution in [1.82, 2.24) is 14.9 Å². The van der Waals surface area contributed by atoms with Gasteiger partial charge in [-0.3, -0.25) is 0 Å². The van der Waals surface area contributed by atoms with Crippen LogP contribution < -0.4 is 10.2 Å². The molecule has 0 amide bonds. The van der Waals surface area contributed by atoms with Gasteiger partial charge in [-0.25, -0.2) is 4.98 Å². The van der Waals surface area contributed by atoms with Gasteiger partial charge in [0.15, 0.2) is 0 Å². The minimum atomic E-state index is 0.724. The van der Waals surface area contributed by atoms with Gasteiger partial charge in [-0.1, -0.05) is 43.2 Å². The highest BCUT2D eigenvalue weighted by Gasteiger charge is 2.14. The Labute approximate surface area is 151 Å². The fourth-order valence-corrected chi connectivity index (χ4v) is 3.12. The van der Waals surface area contributed by atoms with E-state index in [0.717, 1.165) is 49.2 Å². The van der Waals surface area contributed by atoms with Gasteiger partial charge in [0, 0.05) is 37.8 Å². The predicted octanol–water partition coefficient (Wildman–Crippen LogP) is 3.50. The van der Waals surface area contributed by atoms with Gasteiger partial charge in [0.1, 0.15) is 5.82 Å². The van der Waals surface area contributed by atoms with Crippen LogP contribution in [0, 0.1) is 0 Å². The second kappa shape index (κ2) is 8.81. The third-order valence-electron chi connectivity index (χ3n) is 4.55. The third-order valence-corrected chi connectivity index (χ3v) is 4.55. The largest absolute Gasteiger partial charge is 0.356 e. The molecule has 0 bridgehead atoms. The van der Waals surface area contributed by atoms with Crippen LogP contribution in [0.2, 0.25) is 0 Å². The zero-order chi connectivity index (χ0) is 17.5. The molecule has 1 fully saturated rings. The van der Waals surface area contributed by atoms with Crippen molar-refractivity contribution in [2.24, 2.45) is 0 Å². The highest BCUT2D eigenvalue weighted by atomic mass is 15.2. The van der Waals surface area contributed by atoms with Gasteiger partial charge in [-0.15, -0.1) is 0 Å². The summed E-state index contributed by atoms with van der Waals surface area (Å²) >= 11 is 0. The van der Waals surface area contributed by atoms with Crippen LogP contribution in [-0.4, -0.2) is 55.1 Å². The fourth-order valence-electron chi connectivity index (χ4n) is 3.12. The molecule has 134 valence electrons. The van der Waals surface area contributed by atoms with Crippen LogP contribution in [0.3, 0.4) is 0 Å². The Hall–Kier alpha value is -2.14. The summed E-state index contributed by atoms with van der Waals surface area (Å²) in [6, 6.07) is 12.5. The van der Waals surface area contributed by atoms with Gasteiger partial charge >= 0.3 is 0 Å². The first-order valence-electron chi connectivity index (χ1n) is 9.30. The Morgan fingerprint density at radius 2 is 1.72 bits per heavy atom. The zero-order valence-electron chi connectivity index (χ0n) is 15.4. The molecule has 0 atom stereocenters. The summed E-state index contributed by atoms with van der Waals surface area (Å²) in [7, 11) is 4.15. The monoisotopic (exact) mass is 339 g/mol. The van der Waals surface area contributed by atoms with Crippen LogP contribution in [-0.2, 0) is 0 Å². The molecule has 1 N–H and O–H groups in total. The molecule has 2 aromatic rings. The Kier molecular flexibility index (Phi) is 6.23. The number of aromatic nitrogens is 2. The molecule has 1 aliphatic rings. The van der Waals surface area contributed by atoms with Crippen molar-refractivity contribution in [3.63, 3.8) is 0 Å². The maximum absolute atomic E-state index is 4.81. The molecule has 0 radical (unpaired) electrons. The van der Waals surface area contributed by atoms with E-state index in [1.807, 2.05) is 6.07 Å². The van der Waals surface area contributed by atoms with Gasteiger partial charge < -0.3 is 15.1 Å². The number of hydrogen-bond acceptors (Lipinski definition) is 5. The van der Waals surface area contributed by atoms with Crippen LogP contribution >= 0.6 is 0 Å². The molecule has 0 spiro atoms. The quantitative estimate of drug-likeness (QED) is 0.873.